The predicted octanol–water partition coefficient (Wildman–Crippen LogP) is 5.05. The minimum Gasteiger partial charge on any atom is -0.340 e. The second kappa shape index (κ2) is 7.08. The number of hydrogen-bond acceptors (Lipinski definition) is 4. The first-order chi connectivity index (χ1) is 11.6. The van der Waals surface area contributed by atoms with Crippen LogP contribution in [-0.4, -0.2) is 9.97 Å². The van der Waals surface area contributed by atoms with Crippen molar-refractivity contribution in [2.45, 2.75) is 20.5 Å². The topological polar surface area (TPSA) is 49.8 Å². The molecule has 0 aliphatic heterocycles. The van der Waals surface area contributed by atoms with Crippen LogP contribution in [0, 0.1) is 13.8 Å². The molecule has 0 saturated heterocycles. The number of halogens is 1. The number of aromatic nitrogens is 2. The summed E-state index contributed by atoms with van der Waals surface area (Å²) in [7, 11) is 0. The largest absolute Gasteiger partial charge is 0.340 e. The van der Waals surface area contributed by atoms with Gasteiger partial charge in [0.1, 0.15) is 12.5 Å². The molecule has 122 valence electrons. The molecular formula is C19H19FN4. The number of aryl methyl sites for hydroxylation is 2. The van der Waals surface area contributed by atoms with Gasteiger partial charge in [-0.05, 0) is 49.2 Å². The fraction of sp³-hybridized carbons (Fsp3) is 0.158. The van der Waals surface area contributed by atoms with E-state index in [-0.39, 0.29) is 0 Å². The van der Waals surface area contributed by atoms with Crippen molar-refractivity contribution in [2.75, 3.05) is 10.6 Å². The lowest BCUT2D eigenvalue weighted by Crippen LogP contribution is -2.03. The standard InChI is InChI=1S/C19H19FN4/c1-13-8-15(11-20)10-17(9-13)23-19-21-12-14(2)18(24-19)22-16-6-4-3-5-7-16/h3-10,12H,11H2,1-2H3,(H2,21,22,23,24). The van der Waals surface area contributed by atoms with Gasteiger partial charge in [0, 0.05) is 23.1 Å². The van der Waals surface area contributed by atoms with Gasteiger partial charge < -0.3 is 10.6 Å². The molecule has 0 atom stereocenters. The Bertz CT molecular complexity index is 834. The summed E-state index contributed by atoms with van der Waals surface area (Å²) in [5.41, 5.74) is 4.30. The van der Waals surface area contributed by atoms with E-state index in [1.807, 2.05) is 56.3 Å². The molecule has 0 amide bonds. The van der Waals surface area contributed by atoms with Crippen LogP contribution in [0.3, 0.4) is 0 Å². The molecule has 5 heteroatoms. The van der Waals surface area contributed by atoms with Crippen LogP contribution in [0.2, 0.25) is 0 Å². The zero-order valence-corrected chi connectivity index (χ0v) is 13.7. The summed E-state index contributed by atoms with van der Waals surface area (Å²) < 4.78 is 12.9. The zero-order chi connectivity index (χ0) is 16.9. The van der Waals surface area contributed by atoms with Crippen molar-refractivity contribution >= 4 is 23.1 Å². The Labute approximate surface area is 140 Å². The van der Waals surface area contributed by atoms with Gasteiger partial charge in [-0.3, -0.25) is 0 Å². The van der Waals surface area contributed by atoms with Gasteiger partial charge in [-0.25, -0.2) is 9.37 Å². The van der Waals surface area contributed by atoms with Crippen LogP contribution in [0.25, 0.3) is 0 Å². The van der Waals surface area contributed by atoms with Crippen molar-refractivity contribution in [3.8, 4) is 0 Å². The lowest BCUT2D eigenvalue weighted by molar-refractivity contribution is 0.485. The summed E-state index contributed by atoms with van der Waals surface area (Å²) in [6.07, 6.45) is 1.76. The van der Waals surface area contributed by atoms with Crippen LogP contribution in [0.4, 0.5) is 27.5 Å². The molecule has 0 radical (unpaired) electrons. The number of nitrogens with one attached hydrogen (secondary N) is 2. The lowest BCUT2D eigenvalue weighted by Gasteiger charge is -2.12. The third-order valence-corrected chi connectivity index (χ3v) is 3.56. The number of anilines is 4. The Kier molecular flexibility index (Phi) is 4.70. The number of nitrogens with zero attached hydrogens (tertiary/aromatic N) is 2. The molecular weight excluding hydrogens is 303 g/mol. The Hall–Kier alpha value is -2.95. The average molecular weight is 322 g/mol. The van der Waals surface area contributed by atoms with Gasteiger partial charge in [0.15, 0.2) is 0 Å². The Morgan fingerprint density at radius 3 is 2.50 bits per heavy atom. The fourth-order valence-electron chi connectivity index (χ4n) is 2.43. The van der Waals surface area contributed by atoms with E-state index < -0.39 is 6.67 Å². The van der Waals surface area contributed by atoms with Gasteiger partial charge in [0.2, 0.25) is 5.95 Å². The van der Waals surface area contributed by atoms with E-state index in [1.54, 1.807) is 12.3 Å². The van der Waals surface area contributed by atoms with Crippen molar-refractivity contribution in [2.24, 2.45) is 0 Å². The van der Waals surface area contributed by atoms with E-state index in [4.69, 9.17) is 0 Å². The zero-order valence-electron chi connectivity index (χ0n) is 13.7. The van der Waals surface area contributed by atoms with Crippen molar-refractivity contribution in [1.29, 1.82) is 0 Å². The average Bonchev–Trinajstić information content (AvgIpc) is 2.58. The van der Waals surface area contributed by atoms with Crippen LogP contribution in [-0.2, 0) is 6.67 Å². The normalized spacial score (nSPS) is 10.5. The minimum atomic E-state index is -0.494. The highest BCUT2D eigenvalue weighted by Gasteiger charge is 2.06. The maximum atomic E-state index is 12.9. The highest BCUT2D eigenvalue weighted by Crippen LogP contribution is 2.22. The van der Waals surface area contributed by atoms with Gasteiger partial charge in [-0.15, -0.1) is 0 Å². The molecule has 1 heterocycles. The quantitative estimate of drug-likeness (QED) is 0.690. The molecule has 0 fully saturated rings. The smallest absolute Gasteiger partial charge is 0.229 e. The molecule has 3 rings (SSSR count). The molecule has 1 aromatic heterocycles. The van der Waals surface area contributed by atoms with Gasteiger partial charge in [-0.1, -0.05) is 24.3 Å². The molecule has 2 aromatic carbocycles. The summed E-state index contributed by atoms with van der Waals surface area (Å²) in [6.45, 7) is 3.39. The Morgan fingerprint density at radius 1 is 0.958 bits per heavy atom. The Morgan fingerprint density at radius 2 is 1.75 bits per heavy atom. The first kappa shape index (κ1) is 15.9. The van der Waals surface area contributed by atoms with Crippen LogP contribution in [0.1, 0.15) is 16.7 Å². The van der Waals surface area contributed by atoms with Crippen LogP contribution >= 0.6 is 0 Å². The van der Waals surface area contributed by atoms with Gasteiger partial charge in [0.05, 0.1) is 0 Å². The number of hydrogen-bond donors (Lipinski definition) is 2. The maximum Gasteiger partial charge on any atom is 0.229 e. The number of benzene rings is 2. The highest BCUT2D eigenvalue weighted by atomic mass is 19.1. The van der Waals surface area contributed by atoms with E-state index in [0.717, 1.165) is 28.3 Å². The predicted molar refractivity (Wildman–Crippen MR) is 95.8 cm³/mol. The van der Waals surface area contributed by atoms with E-state index in [2.05, 4.69) is 20.6 Å². The monoisotopic (exact) mass is 322 g/mol. The molecule has 0 aliphatic carbocycles. The molecule has 2 N–H and O–H groups in total. The number of rotatable bonds is 5. The summed E-state index contributed by atoms with van der Waals surface area (Å²) in [5, 5.41) is 6.43. The van der Waals surface area contributed by atoms with E-state index in [0.29, 0.717) is 11.5 Å². The van der Waals surface area contributed by atoms with Crippen molar-refractivity contribution < 1.29 is 4.39 Å². The van der Waals surface area contributed by atoms with Gasteiger partial charge in [-0.2, -0.15) is 4.98 Å². The third kappa shape index (κ3) is 3.87. The molecule has 0 saturated carbocycles. The summed E-state index contributed by atoms with van der Waals surface area (Å²) in [5.74, 6) is 1.20. The number of para-hydroxylation sites is 1. The van der Waals surface area contributed by atoms with Crippen LogP contribution in [0.5, 0.6) is 0 Å². The maximum absolute atomic E-state index is 12.9. The van der Waals surface area contributed by atoms with Crippen molar-refractivity contribution in [3.63, 3.8) is 0 Å². The van der Waals surface area contributed by atoms with E-state index in [9.17, 15) is 4.39 Å². The number of alkyl halides is 1. The molecule has 3 aromatic rings. The first-order valence-electron chi connectivity index (χ1n) is 7.73. The van der Waals surface area contributed by atoms with Gasteiger partial charge >= 0.3 is 0 Å². The highest BCUT2D eigenvalue weighted by molar-refractivity contribution is 5.62. The fourth-order valence-corrected chi connectivity index (χ4v) is 2.43. The van der Waals surface area contributed by atoms with Crippen molar-refractivity contribution in [3.05, 3.63) is 71.4 Å². The SMILES string of the molecule is Cc1cc(CF)cc(Nc2ncc(C)c(Nc3ccccc3)n2)c1. The summed E-state index contributed by atoms with van der Waals surface area (Å²) in [4.78, 5) is 8.83. The van der Waals surface area contributed by atoms with Crippen molar-refractivity contribution in [1.82, 2.24) is 9.97 Å². The van der Waals surface area contributed by atoms with Crippen LogP contribution < -0.4 is 10.6 Å². The molecule has 0 unspecified atom stereocenters. The van der Waals surface area contributed by atoms with Gasteiger partial charge in [0.25, 0.3) is 0 Å². The second-order valence-corrected chi connectivity index (χ2v) is 5.68. The Balaban J connectivity index is 1.84. The molecule has 24 heavy (non-hydrogen) atoms. The van der Waals surface area contributed by atoms with E-state index in [1.165, 1.54) is 0 Å². The van der Waals surface area contributed by atoms with E-state index >= 15 is 0 Å². The molecule has 0 aliphatic rings. The molecule has 0 bridgehead atoms. The lowest BCUT2D eigenvalue weighted by atomic mass is 10.1. The van der Waals surface area contributed by atoms with Crippen LogP contribution in [0.15, 0.2) is 54.7 Å². The molecule has 0 spiro atoms. The second-order valence-electron chi connectivity index (χ2n) is 5.68. The first-order valence-corrected chi connectivity index (χ1v) is 7.73. The minimum absolute atomic E-state index is 0.467. The third-order valence-electron chi connectivity index (χ3n) is 3.56. The summed E-state index contributed by atoms with van der Waals surface area (Å²) in [6, 6.07) is 15.4. The molecule has 4 nitrogen and oxygen atoms in total. The summed E-state index contributed by atoms with van der Waals surface area (Å²) >= 11 is 0.